The van der Waals surface area contributed by atoms with Crippen molar-refractivity contribution in [3.63, 3.8) is 0 Å². The second kappa shape index (κ2) is 7.19. The number of hydrogen-bond donors (Lipinski definition) is 2. The van der Waals surface area contributed by atoms with Gasteiger partial charge in [0.1, 0.15) is 5.56 Å². The van der Waals surface area contributed by atoms with Gasteiger partial charge in [-0.1, -0.05) is 11.6 Å². The molecule has 6 nitrogen and oxygen atoms in total. The molecule has 0 atom stereocenters. The minimum atomic E-state index is -0.469. The van der Waals surface area contributed by atoms with Crippen molar-refractivity contribution in [2.75, 3.05) is 13.1 Å². The highest BCUT2D eigenvalue weighted by atomic mass is 35.5. The molecule has 0 aliphatic carbocycles. The molecule has 0 unspecified atom stereocenters. The first-order valence-corrected chi connectivity index (χ1v) is 8.48. The quantitative estimate of drug-likeness (QED) is 0.648. The van der Waals surface area contributed by atoms with Gasteiger partial charge in [0.25, 0.3) is 5.56 Å². The summed E-state index contributed by atoms with van der Waals surface area (Å²) in [6.07, 6.45) is 4.74. The Morgan fingerprint density at radius 2 is 1.88 bits per heavy atom. The standard InChI is InChI=1S/C16H17ClN4O2S/c17-11-4-6-12(7-5-11)21-15(23)13(14(22)19-16(21)24)10-18-20-8-2-1-3-9-20/h4-7,10,23H,1-3,8-9H2,(H,19,22,24)/b18-10+. The summed E-state index contributed by atoms with van der Waals surface area (Å²) in [5.41, 5.74) is 0.207. The molecule has 2 aromatic rings. The second-order valence-corrected chi connectivity index (χ2v) is 6.39. The van der Waals surface area contributed by atoms with E-state index in [4.69, 9.17) is 23.8 Å². The number of benzene rings is 1. The van der Waals surface area contributed by atoms with Gasteiger partial charge in [0.05, 0.1) is 11.9 Å². The normalized spacial score (nSPS) is 15.1. The first-order chi connectivity index (χ1) is 11.6. The summed E-state index contributed by atoms with van der Waals surface area (Å²) in [4.78, 5) is 14.7. The average Bonchev–Trinajstić information content (AvgIpc) is 2.57. The Bertz CT molecular complexity index is 867. The molecule has 1 aliphatic heterocycles. The molecule has 1 aromatic heterocycles. The van der Waals surface area contributed by atoms with Gasteiger partial charge in [0.15, 0.2) is 4.77 Å². The number of hydrazone groups is 1. The summed E-state index contributed by atoms with van der Waals surface area (Å²) < 4.78 is 1.49. The monoisotopic (exact) mass is 364 g/mol. The molecule has 2 N–H and O–H groups in total. The second-order valence-electron chi connectivity index (χ2n) is 5.57. The molecule has 0 bridgehead atoms. The highest BCUT2D eigenvalue weighted by Crippen LogP contribution is 2.20. The molecule has 1 aliphatic rings. The maximum atomic E-state index is 12.1. The molecule has 1 aromatic carbocycles. The van der Waals surface area contributed by atoms with E-state index in [1.165, 1.54) is 17.2 Å². The highest BCUT2D eigenvalue weighted by molar-refractivity contribution is 7.71. The van der Waals surface area contributed by atoms with Crippen LogP contribution in [0.3, 0.4) is 0 Å². The van der Waals surface area contributed by atoms with Crippen molar-refractivity contribution in [1.82, 2.24) is 14.6 Å². The van der Waals surface area contributed by atoms with Crippen molar-refractivity contribution in [3.05, 3.63) is 50.0 Å². The fourth-order valence-electron chi connectivity index (χ4n) is 2.62. The molecule has 24 heavy (non-hydrogen) atoms. The van der Waals surface area contributed by atoms with E-state index in [0.717, 1.165) is 25.9 Å². The predicted octanol–water partition coefficient (Wildman–Crippen LogP) is 3.07. The van der Waals surface area contributed by atoms with E-state index < -0.39 is 5.56 Å². The molecular weight excluding hydrogens is 348 g/mol. The number of H-pyrrole nitrogens is 1. The van der Waals surface area contributed by atoms with Crippen LogP contribution < -0.4 is 5.56 Å². The summed E-state index contributed by atoms with van der Waals surface area (Å²) in [5.74, 6) is -0.244. The van der Waals surface area contributed by atoms with Gasteiger partial charge in [-0.3, -0.25) is 19.4 Å². The third kappa shape index (κ3) is 3.52. The van der Waals surface area contributed by atoms with Crippen molar-refractivity contribution in [2.24, 2.45) is 5.10 Å². The lowest BCUT2D eigenvalue weighted by Crippen LogP contribution is -2.25. The summed E-state index contributed by atoms with van der Waals surface area (Å²) in [6.45, 7) is 1.71. The van der Waals surface area contributed by atoms with Crippen LogP contribution in [0.1, 0.15) is 24.8 Å². The smallest absolute Gasteiger partial charge is 0.264 e. The molecule has 1 saturated heterocycles. The van der Waals surface area contributed by atoms with E-state index in [-0.39, 0.29) is 16.2 Å². The van der Waals surface area contributed by atoms with Crippen LogP contribution in [0.2, 0.25) is 5.02 Å². The number of aromatic amines is 1. The molecule has 8 heteroatoms. The number of hydrogen-bond acceptors (Lipinski definition) is 5. The van der Waals surface area contributed by atoms with Crippen molar-refractivity contribution >= 4 is 30.0 Å². The molecule has 0 radical (unpaired) electrons. The maximum absolute atomic E-state index is 12.1. The lowest BCUT2D eigenvalue weighted by Gasteiger charge is -2.23. The average molecular weight is 365 g/mol. The van der Waals surface area contributed by atoms with Crippen LogP contribution in [0.4, 0.5) is 0 Å². The van der Waals surface area contributed by atoms with Gasteiger partial charge in [0.2, 0.25) is 5.88 Å². The van der Waals surface area contributed by atoms with Crippen LogP contribution in [0.15, 0.2) is 34.2 Å². The van der Waals surface area contributed by atoms with E-state index >= 15 is 0 Å². The van der Waals surface area contributed by atoms with E-state index in [1.807, 2.05) is 5.01 Å². The molecular formula is C16H17ClN4O2S. The Morgan fingerprint density at radius 1 is 1.21 bits per heavy atom. The highest BCUT2D eigenvalue weighted by Gasteiger charge is 2.13. The number of aromatic hydroxyl groups is 1. The number of aromatic nitrogens is 2. The molecule has 0 amide bonds. The number of nitrogens with one attached hydrogen (secondary N) is 1. The third-order valence-corrected chi connectivity index (χ3v) is 4.42. The molecule has 2 heterocycles. The van der Waals surface area contributed by atoms with Crippen LogP contribution in [0, 0.1) is 4.77 Å². The first-order valence-electron chi connectivity index (χ1n) is 7.69. The van der Waals surface area contributed by atoms with E-state index in [9.17, 15) is 9.90 Å². The van der Waals surface area contributed by atoms with Crippen LogP contribution in [-0.4, -0.2) is 39.0 Å². The zero-order valence-corrected chi connectivity index (χ0v) is 14.5. The van der Waals surface area contributed by atoms with E-state index in [1.54, 1.807) is 24.3 Å². The first kappa shape index (κ1) is 16.7. The summed E-state index contributed by atoms with van der Waals surface area (Å²) in [6, 6.07) is 6.79. The van der Waals surface area contributed by atoms with Crippen LogP contribution in [0.5, 0.6) is 5.88 Å². The Labute approximate surface area is 149 Å². The number of nitrogens with zero attached hydrogens (tertiary/aromatic N) is 3. The van der Waals surface area contributed by atoms with Gasteiger partial charge < -0.3 is 5.11 Å². The predicted molar refractivity (Wildman–Crippen MR) is 96.9 cm³/mol. The van der Waals surface area contributed by atoms with Gasteiger partial charge in [-0.05, 0) is 55.7 Å². The molecule has 126 valence electrons. The van der Waals surface area contributed by atoms with Gasteiger partial charge in [-0.25, -0.2) is 0 Å². The fourth-order valence-corrected chi connectivity index (χ4v) is 3.03. The van der Waals surface area contributed by atoms with Gasteiger partial charge in [0, 0.05) is 18.1 Å². The Hall–Kier alpha value is -2.12. The summed E-state index contributed by atoms with van der Waals surface area (Å²) in [7, 11) is 0. The Balaban J connectivity index is 2.02. The fraction of sp³-hybridized carbons (Fsp3) is 0.312. The molecule has 3 rings (SSSR count). The SMILES string of the molecule is O=c1[nH]c(=S)n(-c2ccc(Cl)cc2)c(O)c1/C=N/N1CCCCC1. The van der Waals surface area contributed by atoms with Crippen molar-refractivity contribution < 1.29 is 5.11 Å². The minimum Gasteiger partial charge on any atom is -0.494 e. The van der Waals surface area contributed by atoms with Gasteiger partial charge in [-0.2, -0.15) is 5.10 Å². The van der Waals surface area contributed by atoms with Crippen molar-refractivity contribution in [2.45, 2.75) is 19.3 Å². The Morgan fingerprint density at radius 3 is 2.54 bits per heavy atom. The van der Waals surface area contributed by atoms with Gasteiger partial charge >= 0.3 is 0 Å². The molecule has 1 fully saturated rings. The Kier molecular flexibility index (Phi) is 5.01. The topological polar surface area (TPSA) is 73.6 Å². The third-order valence-electron chi connectivity index (χ3n) is 3.89. The summed E-state index contributed by atoms with van der Waals surface area (Å²) >= 11 is 11.1. The molecule has 0 saturated carbocycles. The van der Waals surface area contributed by atoms with Gasteiger partial charge in [-0.15, -0.1) is 0 Å². The largest absolute Gasteiger partial charge is 0.494 e. The van der Waals surface area contributed by atoms with Crippen LogP contribution >= 0.6 is 23.8 Å². The summed E-state index contributed by atoms with van der Waals surface area (Å²) in [5, 5.41) is 17.3. The minimum absolute atomic E-state index is 0.0733. The maximum Gasteiger partial charge on any atom is 0.264 e. The van der Waals surface area contributed by atoms with Crippen molar-refractivity contribution in [1.29, 1.82) is 0 Å². The molecule has 0 spiro atoms. The number of piperidine rings is 1. The van der Waals surface area contributed by atoms with E-state index in [2.05, 4.69) is 10.1 Å². The lowest BCUT2D eigenvalue weighted by molar-refractivity contribution is 0.240. The van der Waals surface area contributed by atoms with Crippen LogP contribution in [-0.2, 0) is 0 Å². The zero-order valence-electron chi connectivity index (χ0n) is 12.9. The number of rotatable bonds is 3. The van der Waals surface area contributed by atoms with Crippen molar-refractivity contribution in [3.8, 4) is 11.6 Å². The zero-order chi connectivity index (χ0) is 17.1. The van der Waals surface area contributed by atoms with E-state index in [0.29, 0.717) is 10.7 Å². The number of halogens is 1. The van der Waals surface area contributed by atoms with Crippen LogP contribution in [0.25, 0.3) is 5.69 Å². The lowest BCUT2D eigenvalue weighted by atomic mass is 10.2.